The summed E-state index contributed by atoms with van der Waals surface area (Å²) in [7, 11) is 0. The molecule has 0 saturated heterocycles. The number of ether oxygens (including phenoxy) is 1. The van der Waals surface area contributed by atoms with Crippen molar-refractivity contribution in [3.05, 3.63) is 65.2 Å². The zero-order chi connectivity index (χ0) is 15.6. The van der Waals surface area contributed by atoms with E-state index < -0.39 is 6.23 Å². The van der Waals surface area contributed by atoms with Gasteiger partial charge >= 0.3 is 0 Å². The summed E-state index contributed by atoms with van der Waals surface area (Å²) in [5.74, 6) is 0.791. The number of aliphatic hydroxyl groups is 1. The number of rotatable bonds is 5. The molecule has 4 N–H and O–H groups in total. The monoisotopic (exact) mass is 334 g/mol. The molecule has 1 heterocycles. The van der Waals surface area contributed by atoms with E-state index in [0.717, 1.165) is 23.3 Å². The topological polar surface area (TPSA) is 67.5 Å². The third-order valence-corrected chi connectivity index (χ3v) is 4.16. The molecule has 1 aliphatic rings. The van der Waals surface area contributed by atoms with E-state index in [9.17, 15) is 5.11 Å². The van der Waals surface area contributed by atoms with Gasteiger partial charge in [0.2, 0.25) is 0 Å². The van der Waals surface area contributed by atoms with Gasteiger partial charge in [-0.3, -0.25) is 5.32 Å². The van der Waals surface area contributed by atoms with Crippen molar-refractivity contribution in [1.29, 1.82) is 0 Å². The summed E-state index contributed by atoms with van der Waals surface area (Å²) >= 11 is 0. The summed E-state index contributed by atoms with van der Waals surface area (Å²) in [6, 6.07) is 16.1. The predicted octanol–water partition coefficient (Wildman–Crippen LogP) is 2.50. The number of fused-ring (bicyclic) bond motifs is 1. The maximum Gasteiger partial charge on any atom is 0.132 e. The highest BCUT2D eigenvalue weighted by atomic mass is 35.5. The van der Waals surface area contributed by atoms with Gasteiger partial charge in [0.05, 0.1) is 0 Å². The summed E-state index contributed by atoms with van der Waals surface area (Å²) in [6.07, 6.45) is 0.158. The molecule has 0 amide bonds. The van der Waals surface area contributed by atoms with Crippen molar-refractivity contribution < 1.29 is 9.84 Å². The van der Waals surface area contributed by atoms with Gasteiger partial charge < -0.3 is 15.6 Å². The molecule has 5 heteroatoms. The van der Waals surface area contributed by atoms with Crippen molar-refractivity contribution >= 4 is 12.4 Å². The van der Waals surface area contributed by atoms with Crippen molar-refractivity contribution in [1.82, 2.24) is 5.32 Å². The number of nitrogens with two attached hydrogens (primary N) is 1. The Bertz CT molecular complexity index is 651. The second-order valence-electron chi connectivity index (χ2n) is 5.93. The highest BCUT2D eigenvalue weighted by Gasteiger charge is 2.39. The molecule has 3 rings (SSSR count). The smallest absolute Gasteiger partial charge is 0.132 e. The molecular weight excluding hydrogens is 312 g/mol. The average Bonchev–Trinajstić information content (AvgIpc) is 2.77. The molecule has 0 bridgehead atoms. The zero-order valence-electron chi connectivity index (χ0n) is 13.2. The van der Waals surface area contributed by atoms with Crippen molar-refractivity contribution in [2.75, 3.05) is 13.2 Å². The molecule has 1 aliphatic heterocycles. The molecule has 0 aromatic heterocycles. The van der Waals surface area contributed by atoms with E-state index in [1.165, 1.54) is 5.56 Å². The van der Waals surface area contributed by atoms with E-state index >= 15 is 0 Å². The minimum absolute atomic E-state index is 0. The molecule has 2 aromatic rings. The fraction of sp³-hybridized carbons (Fsp3) is 0.333. The van der Waals surface area contributed by atoms with E-state index in [0.29, 0.717) is 13.2 Å². The van der Waals surface area contributed by atoms with Crippen LogP contribution in [0.25, 0.3) is 0 Å². The Balaban J connectivity index is 0.00000192. The zero-order valence-corrected chi connectivity index (χ0v) is 14.0. The second-order valence-corrected chi connectivity index (χ2v) is 5.93. The van der Waals surface area contributed by atoms with Gasteiger partial charge in [-0.2, -0.15) is 0 Å². The van der Waals surface area contributed by atoms with Gasteiger partial charge in [-0.15, -0.1) is 12.4 Å². The Kier molecular flexibility index (Phi) is 5.65. The van der Waals surface area contributed by atoms with Crippen LogP contribution in [-0.4, -0.2) is 18.3 Å². The number of hydrogen-bond donors (Lipinski definition) is 3. The van der Waals surface area contributed by atoms with Crippen LogP contribution in [0.15, 0.2) is 48.5 Å². The van der Waals surface area contributed by atoms with Gasteiger partial charge in [0.1, 0.15) is 18.6 Å². The van der Waals surface area contributed by atoms with Crippen LogP contribution < -0.4 is 15.8 Å². The molecule has 124 valence electrons. The summed E-state index contributed by atoms with van der Waals surface area (Å²) in [4.78, 5) is 0. The molecule has 4 nitrogen and oxygen atoms in total. The van der Waals surface area contributed by atoms with Crippen LogP contribution in [0.2, 0.25) is 0 Å². The summed E-state index contributed by atoms with van der Waals surface area (Å²) < 4.78 is 5.62. The molecule has 0 saturated carbocycles. The van der Waals surface area contributed by atoms with Crippen LogP contribution >= 0.6 is 12.4 Å². The van der Waals surface area contributed by atoms with E-state index in [2.05, 4.69) is 24.4 Å². The van der Waals surface area contributed by atoms with Crippen molar-refractivity contribution in [3.8, 4) is 5.75 Å². The highest BCUT2D eigenvalue weighted by Crippen LogP contribution is 2.40. The van der Waals surface area contributed by atoms with Gasteiger partial charge in [-0.1, -0.05) is 36.4 Å². The predicted molar refractivity (Wildman–Crippen MR) is 93.8 cm³/mol. The van der Waals surface area contributed by atoms with Gasteiger partial charge in [0.15, 0.2) is 0 Å². The molecular formula is C18H23ClN2O2. The highest BCUT2D eigenvalue weighted by molar-refractivity contribution is 5.85. The molecule has 2 unspecified atom stereocenters. The third-order valence-electron chi connectivity index (χ3n) is 4.16. The van der Waals surface area contributed by atoms with Crippen LogP contribution in [0.3, 0.4) is 0 Å². The van der Waals surface area contributed by atoms with Gasteiger partial charge in [-0.05, 0) is 36.6 Å². The Hall–Kier alpha value is -1.59. The minimum atomic E-state index is -0.646. The Labute approximate surface area is 143 Å². The standard InChI is InChI=1S/C18H22N2O2.ClH/c1-18(12-13-5-3-2-4-6-13)16-11-14(22-10-9-19)7-8-15(16)17(21)20-18;/h2-8,11,17,20-21H,9-10,12,19H2,1H3;1H. The SMILES string of the molecule is CC1(Cc2ccccc2)NC(O)c2ccc(OCCN)cc21.Cl. The number of nitrogens with one attached hydrogen (secondary N) is 1. The van der Waals surface area contributed by atoms with Crippen molar-refractivity contribution in [2.45, 2.75) is 25.1 Å². The van der Waals surface area contributed by atoms with Gasteiger partial charge in [0, 0.05) is 17.6 Å². The lowest BCUT2D eigenvalue weighted by Gasteiger charge is -2.27. The average molecular weight is 335 g/mol. The Morgan fingerprint density at radius 2 is 1.96 bits per heavy atom. The maximum absolute atomic E-state index is 10.3. The summed E-state index contributed by atoms with van der Waals surface area (Å²) in [5, 5.41) is 13.6. The lowest BCUT2D eigenvalue weighted by molar-refractivity contribution is 0.119. The van der Waals surface area contributed by atoms with E-state index in [1.54, 1.807) is 0 Å². The van der Waals surface area contributed by atoms with Crippen LogP contribution in [-0.2, 0) is 12.0 Å². The van der Waals surface area contributed by atoms with Crippen LogP contribution in [0.1, 0.15) is 29.8 Å². The van der Waals surface area contributed by atoms with Gasteiger partial charge in [-0.25, -0.2) is 0 Å². The normalized spacial score (nSPS) is 22.3. The van der Waals surface area contributed by atoms with E-state index in [4.69, 9.17) is 10.5 Å². The number of aliphatic hydroxyl groups excluding tert-OH is 1. The Morgan fingerprint density at radius 3 is 2.65 bits per heavy atom. The summed E-state index contributed by atoms with van der Waals surface area (Å²) in [5.41, 5.74) is 8.39. The first-order chi connectivity index (χ1) is 10.6. The molecule has 0 aliphatic carbocycles. The van der Waals surface area contributed by atoms with Crippen LogP contribution in [0, 0.1) is 0 Å². The molecule has 23 heavy (non-hydrogen) atoms. The largest absolute Gasteiger partial charge is 0.492 e. The second kappa shape index (κ2) is 7.32. The van der Waals surface area contributed by atoms with Crippen LogP contribution in [0.5, 0.6) is 5.75 Å². The molecule has 2 atom stereocenters. The van der Waals surface area contributed by atoms with Crippen molar-refractivity contribution in [2.24, 2.45) is 5.73 Å². The van der Waals surface area contributed by atoms with Gasteiger partial charge in [0.25, 0.3) is 0 Å². The first kappa shape index (κ1) is 17.8. The van der Waals surface area contributed by atoms with E-state index in [-0.39, 0.29) is 17.9 Å². The fourth-order valence-corrected chi connectivity index (χ4v) is 3.13. The van der Waals surface area contributed by atoms with E-state index in [1.807, 2.05) is 36.4 Å². The molecule has 0 fully saturated rings. The molecule has 0 spiro atoms. The summed E-state index contributed by atoms with van der Waals surface area (Å²) in [6.45, 7) is 3.09. The maximum atomic E-state index is 10.3. The van der Waals surface area contributed by atoms with Crippen LogP contribution in [0.4, 0.5) is 0 Å². The number of halogens is 1. The third kappa shape index (κ3) is 3.67. The van der Waals surface area contributed by atoms with Crippen molar-refractivity contribution in [3.63, 3.8) is 0 Å². The number of benzene rings is 2. The molecule has 0 radical (unpaired) electrons. The Morgan fingerprint density at radius 1 is 1.22 bits per heavy atom. The lowest BCUT2D eigenvalue weighted by atomic mass is 9.86. The first-order valence-electron chi connectivity index (χ1n) is 7.59. The molecule has 2 aromatic carbocycles. The lowest BCUT2D eigenvalue weighted by Crippen LogP contribution is -2.37. The number of hydrogen-bond acceptors (Lipinski definition) is 4. The fourth-order valence-electron chi connectivity index (χ4n) is 3.13. The quantitative estimate of drug-likeness (QED) is 0.786. The first-order valence-corrected chi connectivity index (χ1v) is 7.59. The minimum Gasteiger partial charge on any atom is -0.492 e.